The standard InChI is InChI=1S/C28H21Cl2N5O2S/c29-22-8-6-21(7-9-22)27-25(19-4-2-1-3-5-19)18-35(33-27)28(26(31)20-14-16-32-17-15-20)34-38(36,37)24-12-10-23(30)11-13-24/h1-17,25,31H,18H2/b31-26?,34-28+. The van der Waals surface area contributed by atoms with Crippen LogP contribution in [-0.2, 0) is 10.0 Å². The third kappa shape index (κ3) is 5.52. The van der Waals surface area contributed by atoms with Gasteiger partial charge in [-0.05, 0) is 59.7 Å². The number of nitrogens with zero attached hydrogens (tertiary/aromatic N) is 4. The zero-order chi connectivity index (χ0) is 26.7. The van der Waals surface area contributed by atoms with Crippen molar-refractivity contribution in [1.82, 2.24) is 9.99 Å². The summed E-state index contributed by atoms with van der Waals surface area (Å²) in [7, 11) is -4.19. The summed E-state index contributed by atoms with van der Waals surface area (Å²) in [6, 6.07) is 26.1. The van der Waals surface area contributed by atoms with E-state index in [0.717, 1.165) is 11.1 Å². The Morgan fingerprint density at radius 1 is 0.868 bits per heavy atom. The second-order valence-electron chi connectivity index (χ2n) is 8.49. The van der Waals surface area contributed by atoms with Gasteiger partial charge in [-0.3, -0.25) is 10.4 Å². The second-order valence-corrected chi connectivity index (χ2v) is 11.0. The van der Waals surface area contributed by atoms with Crippen LogP contribution >= 0.6 is 23.2 Å². The van der Waals surface area contributed by atoms with E-state index in [1.54, 1.807) is 24.3 Å². The lowest BCUT2D eigenvalue weighted by atomic mass is 9.90. The predicted molar refractivity (Wildman–Crippen MR) is 151 cm³/mol. The number of rotatable bonds is 6. The molecule has 1 atom stereocenters. The van der Waals surface area contributed by atoms with Crippen LogP contribution in [0.25, 0.3) is 0 Å². The number of halogens is 2. The highest BCUT2D eigenvalue weighted by Crippen LogP contribution is 2.30. The Balaban J connectivity index is 1.64. The summed E-state index contributed by atoms with van der Waals surface area (Å²) in [5.41, 5.74) is 2.90. The molecule has 0 spiro atoms. The van der Waals surface area contributed by atoms with Crippen LogP contribution in [0.1, 0.15) is 22.6 Å². The molecule has 4 aromatic rings. The second kappa shape index (κ2) is 10.9. The number of pyridine rings is 1. The fourth-order valence-electron chi connectivity index (χ4n) is 4.10. The van der Waals surface area contributed by atoms with Gasteiger partial charge in [0.1, 0.15) is 5.71 Å². The molecule has 0 amide bonds. The summed E-state index contributed by atoms with van der Waals surface area (Å²) < 4.78 is 30.9. The molecule has 0 bridgehead atoms. The largest absolute Gasteiger partial charge is 0.296 e. The highest BCUT2D eigenvalue weighted by molar-refractivity contribution is 7.90. The molecule has 1 N–H and O–H groups in total. The molecule has 0 aliphatic carbocycles. The zero-order valence-corrected chi connectivity index (χ0v) is 22.2. The number of amidine groups is 1. The smallest absolute Gasteiger partial charge is 0.284 e. The van der Waals surface area contributed by atoms with Gasteiger partial charge < -0.3 is 0 Å². The summed E-state index contributed by atoms with van der Waals surface area (Å²) in [6.45, 7) is 0.282. The maximum Gasteiger partial charge on any atom is 0.284 e. The van der Waals surface area contributed by atoms with Crippen molar-refractivity contribution in [3.8, 4) is 0 Å². The van der Waals surface area contributed by atoms with E-state index in [1.807, 2.05) is 42.5 Å². The highest BCUT2D eigenvalue weighted by Gasteiger charge is 2.34. The van der Waals surface area contributed by atoms with Gasteiger partial charge in [0.15, 0.2) is 5.84 Å². The molecule has 5 rings (SSSR count). The van der Waals surface area contributed by atoms with Crippen LogP contribution < -0.4 is 0 Å². The molecule has 2 heterocycles. The van der Waals surface area contributed by atoms with E-state index in [1.165, 1.54) is 41.7 Å². The van der Waals surface area contributed by atoms with Crippen LogP contribution in [0.3, 0.4) is 0 Å². The lowest BCUT2D eigenvalue weighted by molar-refractivity contribution is 0.480. The van der Waals surface area contributed by atoms with Crippen molar-refractivity contribution in [3.05, 3.63) is 130 Å². The molecule has 10 heteroatoms. The molecule has 190 valence electrons. The predicted octanol–water partition coefficient (Wildman–Crippen LogP) is 6.05. The quantitative estimate of drug-likeness (QED) is 0.229. The molecule has 1 unspecified atom stereocenters. The van der Waals surface area contributed by atoms with Crippen LogP contribution in [0, 0.1) is 5.41 Å². The monoisotopic (exact) mass is 561 g/mol. The molecule has 3 aromatic carbocycles. The molecule has 0 radical (unpaired) electrons. The van der Waals surface area contributed by atoms with Crippen LogP contribution in [0.15, 0.2) is 118 Å². The van der Waals surface area contributed by atoms with Crippen molar-refractivity contribution >= 4 is 50.5 Å². The average Bonchev–Trinajstić information content (AvgIpc) is 3.38. The summed E-state index contributed by atoms with van der Waals surface area (Å²) in [5.74, 6) is -0.304. The van der Waals surface area contributed by atoms with Crippen molar-refractivity contribution < 1.29 is 8.42 Å². The number of sulfonamides is 1. The highest BCUT2D eigenvalue weighted by atomic mass is 35.5. The first-order chi connectivity index (χ1) is 18.3. The Morgan fingerprint density at radius 3 is 2.11 bits per heavy atom. The van der Waals surface area contributed by atoms with Gasteiger partial charge in [0.25, 0.3) is 10.0 Å². The minimum absolute atomic E-state index is 0.0392. The fourth-order valence-corrected chi connectivity index (χ4v) is 5.36. The number of benzene rings is 3. The van der Waals surface area contributed by atoms with Gasteiger partial charge in [-0.1, -0.05) is 65.7 Å². The molecule has 7 nitrogen and oxygen atoms in total. The van der Waals surface area contributed by atoms with Crippen LogP contribution in [0.4, 0.5) is 0 Å². The normalized spacial score (nSPS) is 15.8. The van der Waals surface area contributed by atoms with E-state index >= 15 is 0 Å². The Labute approximate surface area is 230 Å². The number of hydrogen-bond acceptors (Lipinski definition) is 5. The van der Waals surface area contributed by atoms with E-state index in [9.17, 15) is 8.42 Å². The number of hydrazone groups is 1. The molecular formula is C28H21Cl2N5O2S. The molecule has 0 fully saturated rings. The lowest BCUT2D eigenvalue weighted by Gasteiger charge is -2.19. The van der Waals surface area contributed by atoms with E-state index in [4.69, 9.17) is 33.7 Å². The average molecular weight is 562 g/mol. The number of hydrogen-bond donors (Lipinski definition) is 1. The van der Waals surface area contributed by atoms with E-state index in [0.29, 0.717) is 21.3 Å². The van der Waals surface area contributed by atoms with Gasteiger partial charge in [0.05, 0.1) is 17.2 Å². The van der Waals surface area contributed by atoms with Crippen molar-refractivity contribution in [1.29, 1.82) is 5.41 Å². The summed E-state index contributed by atoms with van der Waals surface area (Å²) in [6.07, 6.45) is 3.07. The van der Waals surface area contributed by atoms with Gasteiger partial charge in [-0.15, -0.1) is 4.40 Å². The Kier molecular flexibility index (Phi) is 7.37. The van der Waals surface area contributed by atoms with Crippen LogP contribution in [-0.4, -0.2) is 42.2 Å². The van der Waals surface area contributed by atoms with Crippen molar-refractivity contribution in [2.24, 2.45) is 9.50 Å². The fraction of sp³-hybridized carbons (Fsp3) is 0.0714. The van der Waals surface area contributed by atoms with Gasteiger partial charge >= 0.3 is 0 Å². The molecule has 0 saturated heterocycles. The zero-order valence-electron chi connectivity index (χ0n) is 19.9. The first kappa shape index (κ1) is 25.8. The Hall–Kier alpha value is -3.85. The molecular weight excluding hydrogens is 541 g/mol. The molecule has 1 aromatic heterocycles. The van der Waals surface area contributed by atoms with Crippen LogP contribution in [0.5, 0.6) is 0 Å². The van der Waals surface area contributed by atoms with Gasteiger partial charge in [-0.2, -0.15) is 13.5 Å². The maximum atomic E-state index is 13.4. The Morgan fingerprint density at radius 2 is 1.47 bits per heavy atom. The van der Waals surface area contributed by atoms with E-state index in [2.05, 4.69) is 9.38 Å². The van der Waals surface area contributed by atoms with Gasteiger partial charge in [0, 0.05) is 33.9 Å². The van der Waals surface area contributed by atoms with Crippen molar-refractivity contribution in [2.75, 3.05) is 6.54 Å². The van der Waals surface area contributed by atoms with E-state index < -0.39 is 10.0 Å². The van der Waals surface area contributed by atoms with Crippen LogP contribution in [0.2, 0.25) is 10.0 Å². The van der Waals surface area contributed by atoms with Gasteiger partial charge in [0.2, 0.25) is 0 Å². The number of aromatic nitrogens is 1. The third-order valence-electron chi connectivity index (χ3n) is 6.01. The molecule has 38 heavy (non-hydrogen) atoms. The minimum Gasteiger partial charge on any atom is -0.296 e. The molecule has 1 aliphatic heterocycles. The minimum atomic E-state index is -4.19. The molecule has 1 aliphatic rings. The third-order valence-corrected chi connectivity index (χ3v) is 7.80. The Bertz CT molecular complexity index is 1620. The number of nitrogens with one attached hydrogen (secondary N) is 1. The maximum absolute atomic E-state index is 13.4. The first-order valence-electron chi connectivity index (χ1n) is 11.6. The summed E-state index contributed by atoms with van der Waals surface area (Å²) in [4.78, 5) is 3.97. The summed E-state index contributed by atoms with van der Waals surface area (Å²) >= 11 is 12.1. The van der Waals surface area contributed by atoms with Crippen molar-refractivity contribution in [3.63, 3.8) is 0 Å². The summed E-state index contributed by atoms with van der Waals surface area (Å²) in [5, 5.41) is 16.2. The topological polar surface area (TPSA) is 98.8 Å². The SMILES string of the molecule is N=C(/C(=N\S(=O)(=O)c1ccc(Cl)cc1)N1CC(c2ccccc2)C(c2ccc(Cl)cc2)=N1)c1ccncc1. The molecule has 0 saturated carbocycles. The lowest BCUT2D eigenvalue weighted by Crippen LogP contribution is -2.33. The van der Waals surface area contributed by atoms with Gasteiger partial charge in [-0.25, -0.2) is 5.01 Å². The van der Waals surface area contributed by atoms with E-state index in [-0.39, 0.29) is 28.9 Å². The van der Waals surface area contributed by atoms with Crippen molar-refractivity contribution in [2.45, 2.75) is 10.8 Å². The first-order valence-corrected chi connectivity index (χ1v) is 13.8.